The molecule has 0 bridgehead atoms. The molecule has 0 amide bonds. The minimum atomic E-state index is -0.640. The fraction of sp³-hybridized carbons (Fsp3) is 0.0769. The summed E-state index contributed by atoms with van der Waals surface area (Å²) in [4.78, 5) is 0. The molecule has 0 aliphatic heterocycles. The van der Waals surface area contributed by atoms with Crippen LogP contribution < -0.4 is 11.1 Å². The standard InChI is InChI=1S/C13H11F3N2/c14-9-2-1-8(11(15)5-9)7-18-10-3-4-13(17)12(16)6-10/h1-6,18H,7,17H2. The number of benzene rings is 2. The van der Waals surface area contributed by atoms with Crippen molar-refractivity contribution in [2.24, 2.45) is 0 Å². The van der Waals surface area contributed by atoms with Gasteiger partial charge in [-0.1, -0.05) is 6.07 Å². The monoisotopic (exact) mass is 252 g/mol. The molecule has 0 aliphatic carbocycles. The molecule has 0 aromatic heterocycles. The Morgan fingerprint density at radius 3 is 2.39 bits per heavy atom. The number of nitrogens with one attached hydrogen (secondary N) is 1. The molecule has 2 aromatic rings. The average Bonchev–Trinajstić information content (AvgIpc) is 2.32. The Hall–Kier alpha value is -2.17. The Kier molecular flexibility index (Phi) is 3.41. The first kappa shape index (κ1) is 12.3. The van der Waals surface area contributed by atoms with Crippen LogP contribution in [0.2, 0.25) is 0 Å². The summed E-state index contributed by atoms with van der Waals surface area (Å²) in [6, 6.07) is 7.53. The van der Waals surface area contributed by atoms with Crippen LogP contribution in [0, 0.1) is 17.5 Å². The Morgan fingerprint density at radius 2 is 1.72 bits per heavy atom. The molecule has 18 heavy (non-hydrogen) atoms. The van der Waals surface area contributed by atoms with E-state index >= 15 is 0 Å². The van der Waals surface area contributed by atoms with Crippen LogP contribution >= 0.6 is 0 Å². The van der Waals surface area contributed by atoms with E-state index < -0.39 is 17.5 Å². The lowest BCUT2D eigenvalue weighted by Gasteiger charge is -2.08. The molecule has 0 atom stereocenters. The van der Waals surface area contributed by atoms with E-state index in [1.54, 1.807) is 6.07 Å². The highest BCUT2D eigenvalue weighted by Crippen LogP contribution is 2.17. The van der Waals surface area contributed by atoms with E-state index in [-0.39, 0.29) is 12.2 Å². The lowest BCUT2D eigenvalue weighted by molar-refractivity contribution is 0.574. The maximum absolute atomic E-state index is 13.3. The second-order valence-corrected chi connectivity index (χ2v) is 3.83. The van der Waals surface area contributed by atoms with E-state index in [0.717, 1.165) is 6.07 Å². The van der Waals surface area contributed by atoms with Crippen LogP contribution in [0.25, 0.3) is 0 Å². The quantitative estimate of drug-likeness (QED) is 0.822. The largest absolute Gasteiger partial charge is 0.396 e. The molecule has 0 aliphatic rings. The van der Waals surface area contributed by atoms with Crippen LogP contribution in [-0.2, 0) is 6.54 Å². The van der Waals surface area contributed by atoms with Crippen LogP contribution in [0.15, 0.2) is 36.4 Å². The first-order valence-corrected chi connectivity index (χ1v) is 5.29. The summed E-state index contributed by atoms with van der Waals surface area (Å²) in [5, 5.41) is 2.83. The molecule has 2 aromatic carbocycles. The van der Waals surface area contributed by atoms with Crippen molar-refractivity contribution in [2.75, 3.05) is 11.1 Å². The molecule has 3 N–H and O–H groups in total. The van der Waals surface area contributed by atoms with Crippen molar-refractivity contribution in [3.8, 4) is 0 Å². The van der Waals surface area contributed by atoms with E-state index in [2.05, 4.69) is 5.32 Å². The molecular formula is C13H11F3N2. The summed E-state index contributed by atoms with van der Waals surface area (Å²) < 4.78 is 39.2. The second-order valence-electron chi connectivity index (χ2n) is 3.83. The van der Waals surface area contributed by atoms with Gasteiger partial charge in [-0.2, -0.15) is 0 Å². The number of halogens is 3. The predicted octanol–water partition coefficient (Wildman–Crippen LogP) is 3.30. The molecule has 0 saturated carbocycles. The smallest absolute Gasteiger partial charge is 0.148 e. The highest BCUT2D eigenvalue weighted by molar-refractivity contribution is 5.52. The lowest BCUT2D eigenvalue weighted by Crippen LogP contribution is -2.03. The van der Waals surface area contributed by atoms with Gasteiger partial charge in [-0.25, -0.2) is 13.2 Å². The average molecular weight is 252 g/mol. The van der Waals surface area contributed by atoms with Gasteiger partial charge in [0.25, 0.3) is 0 Å². The van der Waals surface area contributed by atoms with Gasteiger partial charge >= 0.3 is 0 Å². The van der Waals surface area contributed by atoms with E-state index in [1.165, 1.54) is 24.3 Å². The van der Waals surface area contributed by atoms with Crippen molar-refractivity contribution < 1.29 is 13.2 Å². The summed E-state index contributed by atoms with van der Waals surface area (Å²) in [6.07, 6.45) is 0. The van der Waals surface area contributed by atoms with Crippen LogP contribution in [0.3, 0.4) is 0 Å². The third-order valence-electron chi connectivity index (χ3n) is 2.50. The summed E-state index contributed by atoms with van der Waals surface area (Å²) >= 11 is 0. The fourth-order valence-corrected chi connectivity index (χ4v) is 1.50. The highest BCUT2D eigenvalue weighted by Gasteiger charge is 2.04. The first-order chi connectivity index (χ1) is 8.56. The molecule has 0 spiro atoms. The van der Waals surface area contributed by atoms with Crippen molar-refractivity contribution >= 4 is 11.4 Å². The van der Waals surface area contributed by atoms with Gasteiger partial charge in [-0.3, -0.25) is 0 Å². The van der Waals surface area contributed by atoms with Gasteiger partial charge in [0.15, 0.2) is 0 Å². The van der Waals surface area contributed by atoms with Gasteiger partial charge in [0.2, 0.25) is 0 Å². The maximum Gasteiger partial charge on any atom is 0.148 e. The summed E-state index contributed by atoms with van der Waals surface area (Å²) in [6.45, 7) is 0.134. The molecule has 94 valence electrons. The molecule has 2 nitrogen and oxygen atoms in total. The van der Waals surface area contributed by atoms with Gasteiger partial charge in [-0.15, -0.1) is 0 Å². The molecule has 0 radical (unpaired) electrons. The van der Waals surface area contributed by atoms with Crippen molar-refractivity contribution in [1.29, 1.82) is 0 Å². The SMILES string of the molecule is Nc1ccc(NCc2ccc(F)cc2F)cc1F. The Labute approximate surface area is 102 Å². The molecular weight excluding hydrogens is 241 g/mol. The van der Waals surface area contributed by atoms with Crippen LogP contribution in [0.5, 0.6) is 0 Å². The first-order valence-electron chi connectivity index (χ1n) is 5.29. The lowest BCUT2D eigenvalue weighted by atomic mass is 10.2. The van der Waals surface area contributed by atoms with E-state index in [0.29, 0.717) is 11.3 Å². The number of hydrogen-bond donors (Lipinski definition) is 2. The molecule has 0 heterocycles. The van der Waals surface area contributed by atoms with Crippen LogP contribution in [-0.4, -0.2) is 0 Å². The minimum Gasteiger partial charge on any atom is -0.396 e. The third-order valence-corrected chi connectivity index (χ3v) is 2.50. The second kappa shape index (κ2) is 5.00. The third kappa shape index (κ3) is 2.74. The summed E-state index contributed by atoms with van der Waals surface area (Å²) in [5.74, 6) is -1.81. The number of hydrogen-bond acceptors (Lipinski definition) is 2. The van der Waals surface area contributed by atoms with E-state index in [9.17, 15) is 13.2 Å². The highest BCUT2D eigenvalue weighted by atomic mass is 19.1. The van der Waals surface area contributed by atoms with E-state index in [4.69, 9.17) is 5.73 Å². The molecule has 0 unspecified atom stereocenters. The molecule has 0 fully saturated rings. The van der Waals surface area contributed by atoms with Gasteiger partial charge in [0.05, 0.1) is 5.69 Å². The van der Waals surface area contributed by atoms with Gasteiger partial charge in [0.1, 0.15) is 17.5 Å². The fourth-order valence-electron chi connectivity index (χ4n) is 1.50. The number of rotatable bonds is 3. The zero-order chi connectivity index (χ0) is 13.1. The van der Waals surface area contributed by atoms with Gasteiger partial charge < -0.3 is 11.1 Å². The van der Waals surface area contributed by atoms with Crippen LogP contribution in [0.1, 0.15) is 5.56 Å². The van der Waals surface area contributed by atoms with Crippen molar-refractivity contribution in [3.05, 3.63) is 59.4 Å². The summed E-state index contributed by atoms with van der Waals surface area (Å²) in [7, 11) is 0. The Morgan fingerprint density at radius 1 is 0.944 bits per heavy atom. The molecule has 0 saturated heterocycles. The van der Waals surface area contributed by atoms with Crippen molar-refractivity contribution in [1.82, 2.24) is 0 Å². The Balaban J connectivity index is 2.09. The zero-order valence-corrected chi connectivity index (χ0v) is 9.38. The molecule has 2 rings (SSSR count). The van der Waals surface area contributed by atoms with Gasteiger partial charge in [0, 0.05) is 23.9 Å². The number of nitrogen functional groups attached to an aromatic ring is 1. The number of anilines is 2. The topological polar surface area (TPSA) is 38.0 Å². The Bertz CT molecular complexity index is 570. The number of nitrogens with two attached hydrogens (primary N) is 1. The molecule has 5 heteroatoms. The minimum absolute atomic E-state index is 0.0495. The van der Waals surface area contributed by atoms with Gasteiger partial charge in [-0.05, 0) is 24.3 Å². The summed E-state index contributed by atoms with van der Waals surface area (Å²) in [5.41, 5.74) is 6.16. The van der Waals surface area contributed by atoms with Crippen molar-refractivity contribution in [2.45, 2.75) is 6.54 Å². The predicted molar refractivity (Wildman–Crippen MR) is 64.5 cm³/mol. The maximum atomic E-state index is 13.3. The van der Waals surface area contributed by atoms with Crippen molar-refractivity contribution in [3.63, 3.8) is 0 Å². The van der Waals surface area contributed by atoms with E-state index in [1.807, 2.05) is 0 Å². The normalized spacial score (nSPS) is 10.4. The zero-order valence-electron chi connectivity index (χ0n) is 9.38. The van der Waals surface area contributed by atoms with Crippen LogP contribution in [0.4, 0.5) is 24.5 Å².